The first kappa shape index (κ1) is 34.9. The van der Waals surface area contributed by atoms with Crippen molar-refractivity contribution >= 4 is 11.9 Å². The highest BCUT2D eigenvalue weighted by Crippen LogP contribution is 2.33. The highest BCUT2D eigenvalue weighted by atomic mass is 16.6. The fourth-order valence-corrected chi connectivity index (χ4v) is 6.01. The molecule has 4 aromatic carbocycles. The van der Waals surface area contributed by atoms with Crippen LogP contribution in [0.25, 0.3) is 0 Å². The van der Waals surface area contributed by atoms with Crippen molar-refractivity contribution in [3.63, 3.8) is 0 Å². The summed E-state index contributed by atoms with van der Waals surface area (Å²) in [5.74, 6) is 1.44. The molecule has 0 spiro atoms. The normalized spacial score (nSPS) is 16.6. The number of benzene rings is 4. The Balaban J connectivity index is 1.11. The average Bonchev–Trinajstić information content (AvgIpc) is 4.07. The van der Waals surface area contributed by atoms with E-state index in [9.17, 15) is 9.59 Å². The number of esters is 2. The molecule has 2 aliphatic carbocycles. The largest absolute Gasteiger partial charge is 0.457 e. The van der Waals surface area contributed by atoms with E-state index in [0.717, 1.165) is 73.3 Å². The van der Waals surface area contributed by atoms with Crippen molar-refractivity contribution in [2.24, 2.45) is 0 Å². The van der Waals surface area contributed by atoms with Gasteiger partial charge in [0.1, 0.15) is 23.0 Å². The Morgan fingerprint density at radius 1 is 0.580 bits per heavy atom. The first-order chi connectivity index (χ1) is 24.5. The van der Waals surface area contributed by atoms with E-state index in [1.165, 1.54) is 0 Å². The highest BCUT2D eigenvalue weighted by Gasteiger charge is 2.33. The highest BCUT2D eigenvalue weighted by molar-refractivity contribution is 5.91. The van der Waals surface area contributed by atoms with Gasteiger partial charge in [-0.1, -0.05) is 74.5 Å². The minimum atomic E-state index is -0.611. The quantitative estimate of drug-likeness (QED) is 0.0615. The van der Waals surface area contributed by atoms with Crippen LogP contribution in [0.4, 0.5) is 0 Å². The minimum Gasteiger partial charge on any atom is -0.457 e. The first-order valence-electron chi connectivity index (χ1n) is 17.7. The standard InChI is InChI=1S/C42H46N2O6/c1-3-37(29-13-11-19-35(27-29)47-33-15-7-5-8-16-33)41(43-31-21-22-31)49-39(45)25-26-40(46)50-42(44-32-23-24-32)38(4-2)30-14-12-20-36(28-30)48-34-17-9-6-10-18-34/h5-20,25-28,31-32,37-38,41-44H,3-4,21-24H2,1-2H3/b26-25-. The molecule has 8 heteroatoms. The van der Waals surface area contributed by atoms with Crippen LogP contribution < -0.4 is 20.1 Å². The minimum absolute atomic E-state index is 0.127. The molecule has 2 N–H and O–H groups in total. The number of nitrogens with one attached hydrogen (secondary N) is 2. The van der Waals surface area contributed by atoms with E-state index in [1.54, 1.807) is 0 Å². The molecular formula is C42H46N2O6. The summed E-state index contributed by atoms with van der Waals surface area (Å²) in [5, 5.41) is 6.99. The van der Waals surface area contributed by atoms with Gasteiger partial charge >= 0.3 is 11.9 Å². The maximum atomic E-state index is 13.2. The van der Waals surface area contributed by atoms with Crippen molar-refractivity contribution in [1.82, 2.24) is 10.6 Å². The zero-order valence-electron chi connectivity index (χ0n) is 28.7. The number of carbonyl (C=O) groups excluding carboxylic acids is 2. The van der Waals surface area contributed by atoms with Crippen molar-refractivity contribution in [3.8, 4) is 23.0 Å². The van der Waals surface area contributed by atoms with E-state index in [1.807, 2.05) is 109 Å². The fourth-order valence-electron chi connectivity index (χ4n) is 6.01. The van der Waals surface area contributed by atoms with Crippen molar-refractivity contribution in [2.45, 2.75) is 88.7 Å². The van der Waals surface area contributed by atoms with E-state index < -0.39 is 24.4 Å². The van der Waals surface area contributed by atoms with Crippen LogP contribution >= 0.6 is 0 Å². The maximum Gasteiger partial charge on any atom is 0.332 e. The number of carbonyl (C=O) groups is 2. The second kappa shape index (κ2) is 17.1. The van der Waals surface area contributed by atoms with Gasteiger partial charge in [-0.15, -0.1) is 0 Å². The van der Waals surface area contributed by atoms with Gasteiger partial charge in [-0.3, -0.25) is 10.6 Å². The summed E-state index contributed by atoms with van der Waals surface area (Å²) in [4.78, 5) is 26.4. The number of hydrogen-bond acceptors (Lipinski definition) is 8. The van der Waals surface area contributed by atoms with Crippen molar-refractivity contribution < 1.29 is 28.5 Å². The number of para-hydroxylation sites is 2. The van der Waals surface area contributed by atoms with Gasteiger partial charge in [-0.25, -0.2) is 9.59 Å². The molecular weight excluding hydrogens is 628 g/mol. The Hall–Kier alpha value is -4.92. The van der Waals surface area contributed by atoms with Crippen LogP contribution in [-0.2, 0) is 19.1 Å². The van der Waals surface area contributed by atoms with Gasteiger partial charge in [-0.2, -0.15) is 0 Å². The van der Waals surface area contributed by atoms with E-state index in [2.05, 4.69) is 24.5 Å². The Morgan fingerprint density at radius 2 is 0.960 bits per heavy atom. The zero-order chi connectivity index (χ0) is 34.7. The third kappa shape index (κ3) is 10.3. The summed E-state index contributed by atoms with van der Waals surface area (Å²) in [5.41, 5.74) is 1.99. The van der Waals surface area contributed by atoms with Gasteiger partial charge in [0.2, 0.25) is 0 Å². The van der Waals surface area contributed by atoms with Gasteiger partial charge in [0.25, 0.3) is 0 Å². The summed E-state index contributed by atoms with van der Waals surface area (Å²) in [7, 11) is 0. The lowest BCUT2D eigenvalue weighted by Crippen LogP contribution is -2.40. The first-order valence-corrected chi connectivity index (χ1v) is 17.7. The van der Waals surface area contributed by atoms with Gasteiger partial charge in [0.05, 0.1) is 0 Å². The lowest BCUT2D eigenvalue weighted by molar-refractivity contribution is -0.149. The predicted molar refractivity (Wildman–Crippen MR) is 193 cm³/mol. The smallest absolute Gasteiger partial charge is 0.332 e. The molecule has 2 fully saturated rings. The number of rotatable bonds is 18. The van der Waals surface area contributed by atoms with Crippen molar-refractivity contribution in [3.05, 3.63) is 132 Å². The van der Waals surface area contributed by atoms with Gasteiger partial charge < -0.3 is 18.9 Å². The van der Waals surface area contributed by atoms with E-state index in [-0.39, 0.29) is 23.9 Å². The number of ether oxygens (including phenoxy) is 4. The molecule has 6 rings (SSSR count). The Kier molecular flexibility index (Phi) is 12.0. The van der Waals surface area contributed by atoms with Crippen LogP contribution in [-0.4, -0.2) is 36.5 Å². The third-order valence-electron chi connectivity index (χ3n) is 8.94. The molecule has 2 aliphatic rings. The topological polar surface area (TPSA) is 95.1 Å². The molecule has 0 amide bonds. The Bertz CT molecular complexity index is 1590. The molecule has 4 unspecified atom stereocenters. The van der Waals surface area contributed by atoms with Gasteiger partial charge in [0, 0.05) is 36.1 Å². The van der Waals surface area contributed by atoms with E-state index in [0.29, 0.717) is 11.5 Å². The van der Waals surface area contributed by atoms with E-state index in [4.69, 9.17) is 18.9 Å². The van der Waals surface area contributed by atoms with Crippen LogP contribution in [0.1, 0.15) is 75.3 Å². The summed E-state index contributed by atoms with van der Waals surface area (Å²) in [6.07, 6.45) is 6.73. The maximum absolute atomic E-state index is 13.2. The molecule has 260 valence electrons. The van der Waals surface area contributed by atoms with Gasteiger partial charge in [0.15, 0.2) is 12.5 Å². The second-order valence-corrected chi connectivity index (χ2v) is 12.9. The SMILES string of the molecule is CCC(c1cccc(Oc2ccccc2)c1)C(NC1CC1)OC(=O)/C=C\C(=O)OC(NC1CC1)C(CC)c1cccc(Oc2ccccc2)c1. The molecule has 2 saturated carbocycles. The fraction of sp³-hybridized carbons (Fsp3) is 0.333. The van der Waals surface area contributed by atoms with Crippen LogP contribution in [0.3, 0.4) is 0 Å². The van der Waals surface area contributed by atoms with Crippen LogP contribution in [0.2, 0.25) is 0 Å². The molecule has 0 aromatic heterocycles. The number of hydrogen-bond donors (Lipinski definition) is 2. The van der Waals surface area contributed by atoms with Crippen LogP contribution in [0, 0.1) is 0 Å². The molecule has 0 heterocycles. The lowest BCUT2D eigenvalue weighted by atomic mass is 9.94. The van der Waals surface area contributed by atoms with Crippen LogP contribution in [0.15, 0.2) is 121 Å². The van der Waals surface area contributed by atoms with Crippen molar-refractivity contribution in [1.29, 1.82) is 0 Å². The summed E-state index contributed by atoms with van der Waals surface area (Å²) in [6.45, 7) is 4.14. The molecule has 0 bridgehead atoms. The molecule has 4 atom stereocenters. The lowest BCUT2D eigenvalue weighted by Gasteiger charge is -2.28. The molecule has 0 saturated heterocycles. The molecule has 8 nitrogen and oxygen atoms in total. The third-order valence-corrected chi connectivity index (χ3v) is 8.94. The molecule has 0 radical (unpaired) electrons. The Labute approximate surface area is 294 Å². The zero-order valence-corrected chi connectivity index (χ0v) is 28.7. The summed E-state index contributed by atoms with van der Waals surface area (Å²) >= 11 is 0. The van der Waals surface area contributed by atoms with Crippen LogP contribution in [0.5, 0.6) is 23.0 Å². The molecule has 4 aromatic rings. The monoisotopic (exact) mass is 674 g/mol. The van der Waals surface area contributed by atoms with E-state index >= 15 is 0 Å². The molecule has 0 aliphatic heterocycles. The van der Waals surface area contributed by atoms with Crippen molar-refractivity contribution in [2.75, 3.05) is 0 Å². The summed E-state index contributed by atoms with van der Waals surface area (Å²) in [6, 6.07) is 35.6. The predicted octanol–water partition coefficient (Wildman–Crippen LogP) is 8.76. The second-order valence-electron chi connectivity index (χ2n) is 12.9. The van der Waals surface area contributed by atoms with Gasteiger partial charge in [-0.05, 0) is 98.2 Å². The summed E-state index contributed by atoms with van der Waals surface area (Å²) < 4.78 is 24.1. The molecule has 50 heavy (non-hydrogen) atoms. The average molecular weight is 675 g/mol. The Morgan fingerprint density at radius 3 is 1.32 bits per heavy atom.